The molecule has 0 aliphatic carbocycles. The fraction of sp³-hybridized carbons (Fsp3) is 0.100. The smallest absolute Gasteiger partial charge is 0.292 e. The van der Waals surface area contributed by atoms with Crippen molar-refractivity contribution in [2.45, 2.75) is 6.92 Å². The maximum Gasteiger partial charge on any atom is 0.292 e. The van der Waals surface area contributed by atoms with Gasteiger partial charge in [-0.1, -0.05) is 11.6 Å². The van der Waals surface area contributed by atoms with Crippen LogP contribution in [0.5, 0.6) is 0 Å². The molecule has 0 spiro atoms. The summed E-state index contributed by atoms with van der Waals surface area (Å²) in [5, 5.41) is 10.1. The maximum atomic E-state index is 11.7. The molecule has 82 valence electrons. The SMILES string of the molecule is Cc1ccoc1C(=O)Nc1ccc(Cl)nn1. The zero-order chi connectivity index (χ0) is 11.5. The number of aryl methyl sites for hydroxylation is 1. The molecule has 0 atom stereocenters. The first-order valence-electron chi connectivity index (χ1n) is 4.51. The zero-order valence-corrected chi connectivity index (χ0v) is 9.15. The molecule has 0 saturated heterocycles. The van der Waals surface area contributed by atoms with E-state index in [0.717, 1.165) is 5.56 Å². The van der Waals surface area contributed by atoms with E-state index in [0.29, 0.717) is 5.82 Å². The van der Waals surface area contributed by atoms with Crippen LogP contribution in [0.2, 0.25) is 5.15 Å². The normalized spacial score (nSPS) is 10.1. The highest BCUT2D eigenvalue weighted by atomic mass is 35.5. The molecule has 5 nitrogen and oxygen atoms in total. The standard InChI is InChI=1S/C10H8ClN3O2/c1-6-4-5-16-9(6)10(15)12-8-3-2-7(11)13-14-8/h2-5H,1H3,(H,12,14,15). The van der Waals surface area contributed by atoms with Gasteiger partial charge < -0.3 is 9.73 Å². The predicted octanol–water partition coefficient (Wildman–Crippen LogP) is 2.28. The largest absolute Gasteiger partial charge is 0.459 e. The van der Waals surface area contributed by atoms with Crippen molar-refractivity contribution in [2.24, 2.45) is 0 Å². The van der Waals surface area contributed by atoms with Gasteiger partial charge >= 0.3 is 0 Å². The second-order valence-electron chi connectivity index (χ2n) is 3.13. The van der Waals surface area contributed by atoms with E-state index in [-0.39, 0.29) is 16.8 Å². The number of furan rings is 1. The molecule has 2 aromatic heterocycles. The summed E-state index contributed by atoms with van der Waals surface area (Å²) in [5.41, 5.74) is 0.763. The topological polar surface area (TPSA) is 68.0 Å². The Bertz CT molecular complexity index is 507. The van der Waals surface area contributed by atoms with Crippen molar-refractivity contribution in [2.75, 3.05) is 5.32 Å². The van der Waals surface area contributed by atoms with Crippen molar-refractivity contribution < 1.29 is 9.21 Å². The van der Waals surface area contributed by atoms with E-state index < -0.39 is 0 Å². The average Bonchev–Trinajstić information content (AvgIpc) is 2.68. The summed E-state index contributed by atoms with van der Waals surface area (Å²) < 4.78 is 5.04. The van der Waals surface area contributed by atoms with Gasteiger partial charge in [-0.2, -0.15) is 0 Å². The van der Waals surface area contributed by atoms with Crippen LogP contribution in [-0.4, -0.2) is 16.1 Å². The van der Waals surface area contributed by atoms with Gasteiger partial charge in [0.2, 0.25) is 0 Å². The van der Waals surface area contributed by atoms with Crippen LogP contribution >= 0.6 is 11.6 Å². The third-order valence-corrected chi connectivity index (χ3v) is 2.14. The molecule has 1 amide bonds. The second kappa shape index (κ2) is 4.32. The number of nitrogens with one attached hydrogen (secondary N) is 1. The first-order chi connectivity index (χ1) is 7.66. The summed E-state index contributed by atoms with van der Waals surface area (Å²) >= 11 is 5.57. The molecular formula is C10H8ClN3O2. The molecule has 2 rings (SSSR count). The number of halogens is 1. The summed E-state index contributed by atoms with van der Waals surface area (Å²) in [4.78, 5) is 11.7. The van der Waals surface area contributed by atoms with E-state index in [9.17, 15) is 4.79 Å². The molecule has 6 heteroatoms. The van der Waals surface area contributed by atoms with E-state index >= 15 is 0 Å². The summed E-state index contributed by atoms with van der Waals surface area (Å²) in [6.07, 6.45) is 1.46. The molecule has 1 N–H and O–H groups in total. The van der Waals surface area contributed by atoms with E-state index in [2.05, 4.69) is 15.5 Å². The molecule has 16 heavy (non-hydrogen) atoms. The van der Waals surface area contributed by atoms with Gasteiger partial charge in [0.15, 0.2) is 16.7 Å². The molecule has 0 saturated carbocycles. The zero-order valence-electron chi connectivity index (χ0n) is 8.40. The van der Waals surface area contributed by atoms with E-state index in [1.165, 1.54) is 6.26 Å². The van der Waals surface area contributed by atoms with Crippen LogP contribution in [-0.2, 0) is 0 Å². The van der Waals surface area contributed by atoms with E-state index in [1.807, 2.05) is 0 Å². The molecule has 2 heterocycles. The van der Waals surface area contributed by atoms with Crippen LogP contribution in [0, 0.1) is 6.92 Å². The van der Waals surface area contributed by atoms with E-state index in [4.69, 9.17) is 16.0 Å². The number of rotatable bonds is 2. The molecule has 0 unspecified atom stereocenters. The van der Waals surface area contributed by atoms with Crippen molar-refractivity contribution in [1.82, 2.24) is 10.2 Å². The maximum absolute atomic E-state index is 11.7. The quantitative estimate of drug-likeness (QED) is 0.870. The van der Waals surface area contributed by atoms with Crippen LogP contribution in [0.25, 0.3) is 0 Å². The Hall–Kier alpha value is -1.88. The van der Waals surface area contributed by atoms with Gasteiger partial charge in [-0.3, -0.25) is 4.79 Å². The lowest BCUT2D eigenvalue weighted by atomic mass is 10.3. The summed E-state index contributed by atoms with van der Waals surface area (Å²) in [6.45, 7) is 1.78. The minimum atomic E-state index is -0.362. The van der Waals surface area contributed by atoms with Crippen molar-refractivity contribution in [3.63, 3.8) is 0 Å². The molecule has 0 radical (unpaired) electrons. The fourth-order valence-electron chi connectivity index (χ4n) is 1.16. The van der Waals surface area contributed by atoms with Gasteiger partial charge in [0.1, 0.15) is 0 Å². The summed E-state index contributed by atoms with van der Waals surface area (Å²) in [7, 11) is 0. The average molecular weight is 238 g/mol. The lowest BCUT2D eigenvalue weighted by Gasteiger charge is -2.01. The van der Waals surface area contributed by atoms with Gasteiger partial charge in [0, 0.05) is 5.56 Å². The Labute approximate surface area is 96.4 Å². The second-order valence-corrected chi connectivity index (χ2v) is 3.52. The molecule has 0 aliphatic rings. The number of aromatic nitrogens is 2. The number of hydrogen-bond donors (Lipinski definition) is 1. The Morgan fingerprint density at radius 1 is 1.38 bits per heavy atom. The van der Waals surface area contributed by atoms with Crippen LogP contribution in [0.1, 0.15) is 16.1 Å². The third kappa shape index (κ3) is 2.20. The highest BCUT2D eigenvalue weighted by Gasteiger charge is 2.13. The molecule has 0 fully saturated rings. The number of carbonyl (C=O) groups excluding carboxylic acids is 1. The van der Waals surface area contributed by atoms with Crippen LogP contribution in [0.3, 0.4) is 0 Å². The van der Waals surface area contributed by atoms with Crippen LogP contribution < -0.4 is 5.32 Å². The summed E-state index contributed by atoms with van der Waals surface area (Å²) in [6, 6.07) is 4.81. The molecule has 0 bridgehead atoms. The first-order valence-corrected chi connectivity index (χ1v) is 4.89. The number of hydrogen-bond acceptors (Lipinski definition) is 4. The van der Waals surface area contributed by atoms with E-state index in [1.54, 1.807) is 25.1 Å². The van der Waals surface area contributed by atoms with Gasteiger partial charge in [-0.25, -0.2) is 0 Å². The Kier molecular flexibility index (Phi) is 2.87. The van der Waals surface area contributed by atoms with Crippen LogP contribution in [0.4, 0.5) is 5.82 Å². The monoisotopic (exact) mass is 237 g/mol. The molecule has 2 aromatic rings. The third-order valence-electron chi connectivity index (χ3n) is 1.94. The van der Waals surface area contributed by atoms with Crippen molar-refractivity contribution in [3.8, 4) is 0 Å². The van der Waals surface area contributed by atoms with Crippen molar-refractivity contribution >= 4 is 23.3 Å². The number of amides is 1. The number of carbonyl (C=O) groups is 1. The highest BCUT2D eigenvalue weighted by Crippen LogP contribution is 2.12. The van der Waals surface area contributed by atoms with Gasteiger partial charge in [-0.05, 0) is 25.1 Å². The molecular weight excluding hydrogens is 230 g/mol. The Balaban J connectivity index is 2.14. The van der Waals surface area contributed by atoms with Crippen molar-refractivity contribution in [3.05, 3.63) is 40.9 Å². The lowest BCUT2D eigenvalue weighted by Crippen LogP contribution is -2.13. The predicted molar refractivity (Wildman–Crippen MR) is 58.4 cm³/mol. The number of nitrogens with zero attached hydrogens (tertiary/aromatic N) is 2. The minimum Gasteiger partial charge on any atom is -0.459 e. The van der Waals surface area contributed by atoms with Crippen LogP contribution in [0.15, 0.2) is 28.9 Å². The van der Waals surface area contributed by atoms with Gasteiger partial charge in [0.25, 0.3) is 5.91 Å². The Morgan fingerprint density at radius 2 is 2.19 bits per heavy atom. The van der Waals surface area contributed by atoms with Crippen molar-refractivity contribution in [1.29, 1.82) is 0 Å². The molecule has 0 aliphatic heterocycles. The summed E-state index contributed by atoms with van der Waals surface area (Å²) in [5.74, 6) is 0.223. The Morgan fingerprint density at radius 3 is 2.75 bits per heavy atom. The molecule has 0 aromatic carbocycles. The first kappa shape index (κ1) is 10.6. The number of anilines is 1. The fourth-order valence-corrected chi connectivity index (χ4v) is 1.26. The lowest BCUT2D eigenvalue weighted by molar-refractivity contribution is 0.0995. The van der Waals surface area contributed by atoms with Gasteiger partial charge in [0.05, 0.1) is 6.26 Å². The van der Waals surface area contributed by atoms with Gasteiger partial charge in [-0.15, -0.1) is 10.2 Å². The highest BCUT2D eigenvalue weighted by molar-refractivity contribution is 6.29. The minimum absolute atomic E-state index is 0.261.